The molecule has 2 saturated heterocycles. The van der Waals surface area contributed by atoms with E-state index in [1.165, 1.54) is 0 Å². The Balaban J connectivity index is 1.56. The van der Waals surface area contributed by atoms with Gasteiger partial charge in [-0.25, -0.2) is 4.79 Å². The van der Waals surface area contributed by atoms with Crippen molar-refractivity contribution in [2.75, 3.05) is 19.6 Å². The van der Waals surface area contributed by atoms with Gasteiger partial charge in [0.1, 0.15) is 0 Å². The first-order chi connectivity index (χ1) is 7.72. The lowest BCUT2D eigenvalue weighted by Gasteiger charge is -2.29. The average molecular weight is 224 g/mol. The minimum atomic E-state index is -0.449. The Morgan fingerprint density at radius 2 is 2.06 bits per heavy atom. The number of rotatable bonds is 1. The Morgan fingerprint density at radius 3 is 2.75 bits per heavy atom. The largest absolute Gasteiger partial charge is 0.417 e. The first-order valence-corrected chi connectivity index (χ1v) is 5.96. The van der Waals surface area contributed by atoms with Crippen LogP contribution < -0.4 is 5.32 Å². The number of esters is 1. The predicted octanol–water partition coefficient (Wildman–Crippen LogP) is 0.353. The second-order valence-electron chi connectivity index (χ2n) is 5.07. The quantitative estimate of drug-likeness (QED) is 0.516. The fourth-order valence-corrected chi connectivity index (χ4v) is 2.53. The van der Waals surface area contributed by atoms with Gasteiger partial charge >= 0.3 is 12.1 Å². The van der Waals surface area contributed by atoms with E-state index in [0.717, 1.165) is 32.4 Å². The molecule has 5 heteroatoms. The number of carbonyl (C=O) groups is 2. The number of nitrogens with one attached hydrogen (secondary N) is 1. The van der Waals surface area contributed by atoms with Crippen LogP contribution in [-0.4, -0.2) is 42.6 Å². The lowest BCUT2D eigenvalue weighted by Crippen LogP contribution is -2.45. The highest BCUT2D eigenvalue weighted by Gasteiger charge is 2.38. The third-order valence-corrected chi connectivity index (χ3v) is 3.59. The molecule has 3 fully saturated rings. The summed E-state index contributed by atoms with van der Waals surface area (Å²) < 4.78 is 4.86. The number of ether oxygens (including phenoxy) is 1. The summed E-state index contributed by atoms with van der Waals surface area (Å²) >= 11 is 0. The Morgan fingerprint density at radius 1 is 1.25 bits per heavy atom. The molecule has 3 aliphatic rings. The van der Waals surface area contributed by atoms with Crippen molar-refractivity contribution < 1.29 is 14.3 Å². The van der Waals surface area contributed by atoms with Crippen molar-refractivity contribution in [2.45, 2.75) is 25.3 Å². The average Bonchev–Trinajstić information content (AvgIpc) is 3.05. The van der Waals surface area contributed by atoms with Gasteiger partial charge in [-0.15, -0.1) is 0 Å². The van der Waals surface area contributed by atoms with Gasteiger partial charge in [-0.05, 0) is 25.2 Å². The van der Waals surface area contributed by atoms with Crippen molar-refractivity contribution >= 4 is 12.1 Å². The van der Waals surface area contributed by atoms with Crippen molar-refractivity contribution in [3.63, 3.8) is 0 Å². The van der Waals surface area contributed by atoms with Crippen LogP contribution in [0.4, 0.5) is 4.79 Å². The lowest BCUT2D eigenvalue weighted by atomic mass is 10.0. The monoisotopic (exact) mass is 224 g/mol. The van der Waals surface area contributed by atoms with Crippen LogP contribution in [0.5, 0.6) is 0 Å². The van der Waals surface area contributed by atoms with E-state index in [9.17, 15) is 9.59 Å². The van der Waals surface area contributed by atoms with Crippen LogP contribution in [0.15, 0.2) is 0 Å². The summed E-state index contributed by atoms with van der Waals surface area (Å²) in [5.74, 6) is 0.182. The first-order valence-electron chi connectivity index (χ1n) is 5.96. The smallest absolute Gasteiger partial charge is 0.376 e. The summed E-state index contributed by atoms with van der Waals surface area (Å²) in [5.41, 5.74) is 0. The van der Waals surface area contributed by atoms with Gasteiger partial charge in [-0.3, -0.25) is 4.79 Å². The maximum atomic E-state index is 11.7. The summed E-state index contributed by atoms with van der Waals surface area (Å²) in [7, 11) is 0. The van der Waals surface area contributed by atoms with Gasteiger partial charge < -0.3 is 15.0 Å². The van der Waals surface area contributed by atoms with E-state index in [4.69, 9.17) is 4.74 Å². The standard InChI is InChI=1S/C11H16N2O3/c14-10(8-1-2-8)16-11(15)13-5-7-3-9(6-13)12-4-7/h7-9,12H,1-6H2. The van der Waals surface area contributed by atoms with E-state index in [-0.39, 0.29) is 11.9 Å². The molecule has 5 nitrogen and oxygen atoms in total. The second-order valence-corrected chi connectivity index (χ2v) is 5.07. The van der Waals surface area contributed by atoms with Gasteiger partial charge in [0, 0.05) is 25.7 Å². The van der Waals surface area contributed by atoms with Gasteiger partial charge in [0.15, 0.2) is 0 Å². The van der Waals surface area contributed by atoms with Gasteiger partial charge in [0.05, 0.1) is 5.92 Å². The van der Waals surface area contributed by atoms with E-state index < -0.39 is 6.09 Å². The molecule has 2 bridgehead atoms. The topological polar surface area (TPSA) is 58.6 Å². The zero-order chi connectivity index (χ0) is 11.1. The molecule has 2 heterocycles. The fraction of sp³-hybridized carbons (Fsp3) is 0.818. The molecule has 2 unspecified atom stereocenters. The minimum Gasteiger partial charge on any atom is -0.376 e. The zero-order valence-corrected chi connectivity index (χ0v) is 9.15. The zero-order valence-electron chi connectivity index (χ0n) is 9.15. The first kappa shape index (κ1) is 10.1. The van der Waals surface area contributed by atoms with Crippen LogP contribution in [0.2, 0.25) is 0 Å². The normalized spacial score (nSPS) is 32.6. The number of amides is 1. The van der Waals surface area contributed by atoms with E-state index in [2.05, 4.69) is 5.32 Å². The van der Waals surface area contributed by atoms with Gasteiger partial charge in [-0.2, -0.15) is 0 Å². The molecule has 0 radical (unpaired) electrons. The molecule has 1 amide bonds. The van der Waals surface area contributed by atoms with Crippen LogP contribution in [0.25, 0.3) is 0 Å². The number of carbonyl (C=O) groups excluding carboxylic acids is 2. The molecule has 1 N–H and O–H groups in total. The molecule has 0 aromatic rings. The van der Waals surface area contributed by atoms with Crippen molar-refractivity contribution in [3.8, 4) is 0 Å². The molecule has 1 saturated carbocycles. The summed E-state index contributed by atoms with van der Waals surface area (Å²) in [6.45, 7) is 2.37. The van der Waals surface area contributed by atoms with E-state index in [1.807, 2.05) is 0 Å². The number of piperidine rings is 1. The van der Waals surface area contributed by atoms with Crippen LogP contribution in [0, 0.1) is 11.8 Å². The van der Waals surface area contributed by atoms with Gasteiger partial charge in [0.2, 0.25) is 0 Å². The maximum Gasteiger partial charge on any atom is 0.417 e. The minimum absolute atomic E-state index is 0.0106. The lowest BCUT2D eigenvalue weighted by molar-refractivity contribution is -0.140. The second kappa shape index (κ2) is 3.73. The number of likely N-dealkylation sites (tertiary alicyclic amines) is 1. The molecular weight excluding hydrogens is 208 g/mol. The molecule has 2 atom stereocenters. The molecule has 0 aromatic carbocycles. The number of hydrogen-bond acceptors (Lipinski definition) is 4. The van der Waals surface area contributed by atoms with Crippen LogP contribution in [0.3, 0.4) is 0 Å². The number of hydrogen-bond donors (Lipinski definition) is 1. The van der Waals surface area contributed by atoms with Crippen LogP contribution in [-0.2, 0) is 9.53 Å². The van der Waals surface area contributed by atoms with E-state index in [1.54, 1.807) is 4.90 Å². The highest BCUT2D eigenvalue weighted by molar-refractivity contribution is 5.87. The molecule has 1 aliphatic carbocycles. The van der Waals surface area contributed by atoms with Crippen molar-refractivity contribution in [2.24, 2.45) is 11.8 Å². The van der Waals surface area contributed by atoms with E-state index >= 15 is 0 Å². The fourth-order valence-electron chi connectivity index (χ4n) is 2.53. The number of nitrogens with zero attached hydrogens (tertiary/aromatic N) is 1. The highest BCUT2D eigenvalue weighted by Crippen LogP contribution is 2.30. The van der Waals surface area contributed by atoms with Gasteiger partial charge in [-0.1, -0.05) is 0 Å². The predicted molar refractivity (Wildman–Crippen MR) is 55.7 cm³/mol. The summed E-state index contributed by atoms with van der Waals surface area (Å²) in [6, 6.07) is 0.391. The van der Waals surface area contributed by atoms with Crippen LogP contribution >= 0.6 is 0 Å². The molecule has 0 aromatic heterocycles. The van der Waals surface area contributed by atoms with Crippen LogP contribution in [0.1, 0.15) is 19.3 Å². The third kappa shape index (κ3) is 1.91. The third-order valence-electron chi connectivity index (χ3n) is 3.59. The van der Waals surface area contributed by atoms with Crippen molar-refractivity contribution in [3.05, 3.63) is 0 Å². The Bertz CT molecular complexity index is 315. The molecule has 2 aliphatic heterocycles. The van der Waals surface area contributed by atoms with Crippen molar-refractivity contribution in [1.29, 1.82) is 0 Å². The molecule has 88 valence electrons. The summed E-state index contributed by atoms with van der Waals surface area (Å²) in [5, 5.41) is 3.36. The Labute approximate surface area is 94.1 Å². The number of fused-ring (bicyclic) bond motifs is 2. The van der Waals surface area contributed by atoms with E-state index in [0.29, 0.717) is 18.5 Å². The molecule has 3 rings (SSSR count). The summed E-state index contributed by atoms with van der Waals surface area (Å²) in [6.07, 6.45) is 2.44. The molecule has 16 heavy (non-hydrogen) atoms. The van der Waals surface area contributed by atoms with Crippen molar-refractivity contribution in [1.82, 2.24) is 10.2 Å². The molecular formula is C11H16N2O3. The highest BCUT2D eigenvalue weighted by atomic mass is 16.6. The van der Waals surface area contributed by atoms with Gasteiger partial charge in [0.25, 0.3) is 0 Å². The maximum absolute atomic E-state index is 11.7. The Kier molecular flexibility index (Phi) is 2.35. The Hall–Kier alpha value is -1.10. The SMILES string of the molecule is O=C(OC(=O)N1CC2CNC(C2)C1)C1CC1. The summed E-state index contributed by atoms with van der Waals surface area (Å²) in [4.78, 5) is 24.7. The molecule has 0 spiro atoms.